The third kappa shape index (κ3) is 3.05. The number of amides is 1. The van der Waals surface area contributed by atoms with Crippen molar-refractivity contribution >= 4 is 17.7 Å². The lowest BCUT2D eigenvalue weighted by molar-refractivity contribution is -0.120. The lowest BCUT2D eigenvalue weighted by Gasteiger charge is -2.26. The van der Waals surface area contributed by atoms with Crippen molar-refractivity contribution in [3.8, 4) is 6.07 Å². The number of carbonyl (C=O) groups is 1. The van der Waals surface area contributed by atoms with E-state index >= 15 is 0 Å². The zero-order valence-corrected chi connectivity index (χ0v) is 12.6. The van der Waals surface area contributed by atoms with E-state index in [0.29, 0.717) is 12.0 Å². The van der Waals surface area contributed by atoms with Crippen LogP contribution in [0.1, 0.15) is 36.8 Å². The minimum Gasteiger partial charge on any atom is -0.320 e. The number of nitrogens with zero attached hydrogens (tertiary/aromatic N) is 1. The minimum absolute atomic E-state index is 0.00384. The molecule has 20 heavy (non-hydrogen) atoms. The predicted octanol–water partition coefficient (Wildman–Crippen LogP) is 3.48. The lowest BCUT2D eigenvalue weighted by atomic mass is 9.85. The molecule has 3 nitrogen and oxygen atoms in total. The molecule has 0 saturated heterocycles. The Balaban J connectivity index is 2.43. The average Bonchev–Trinajstić information content (AvgIpc) is 2.45. The molecular formula is C16H18N2OS. The van der Waals surface area contributed by atoms with Crippen LogP contribution in [-0.4, -0.2) is 11.7 Å². The molecule has 1 amide bonds. The Hall–Kier alpha value is -1.73. The molecule has 0 spiro atoms. The van der Waals surface area contributed by atoms with E-state index in [1.54, 1.807) is 11.8 Å². The van der Waals surface area contributed by atoms with Gasteiger partial charge in [0.05, 0.1) is 16.7 Å². The van der Waals surface area contributed by atoms with Crippen LogP contribution in [0.15, 0.2) is 34.9 Å². The monoisotopic (exact) mass is 286 g/mol. The molecule has 1 aliphatic rings. The highest BCUT2D eigenvalue weighted by molar-refractivity contribution is 8.03. The largest absolute Gasteiger partial charge is 0.320 e. The molecule has 0 radical (unpaired) electrons. The molecule has 0 aliphatic carbocycles. The first kappa shape index (κ1) is 14.7. The molecule has 104 valence electrons. The van der Waals surface area contributed by atoms with E-state index < -0.39 is 0 Å². The zero-order chi connectivity index (χ0) is 14.5. The summed E-state index contributed by atoms with van der Waals surface area (Å²) in [6, 6.07) is 10.3. The molecule has 2 rings (SSSR count). The van der Waals surface area contributed by atoms with Gasteiger partial charge in [-0.05, 0) is 30.2 Å². The van der Waals surface area contributed by atoms with E-state index in [4.69, 9.17) is 0 Å². The maximum Gasteiger partial charge on any atom is 0.225 e. The summed E-state index contributed by atoms with van der Waals surface area (Å²) in [4.78, 5) is 11.9. The topological polar surface area (TPSA) is 52.9 Å². The first-order valence-electron chi connectivity index (χ1n) is 6.79. The fourth-order valence-corrected chi connectivity index (χ4v) is 3.32. The number of thioether (sulfide) groups is 1. The molecule has 1 aromatic rings. The Morgan fingerprint density at radius 1 is 1.45 bits per heavy atom. The maximum atomic E-state index is 11.9. The summed E-state index contributed by atoms with van der Waals surface area (Å²) in [5.41, 5.74) is 2.89. The number of allylic oxidation sites excluding steroid dienone is 1. The molecule has 0 unspecified atom stereocenters. The molecular weight excluding hydrogens is 268 g/mol. The van der Waals surface area contributed by atoms with Crippen LogP contribution in [-0.2, 0) is 4.79 Å². The highest BCUT2D eigenvalue weighted by atomic mass is 32.2. The Morgan fingerprint density at radius 3 is 2.85 bits per heavy atom. The fourth-order valence-electron chi connectivity index (χ4n) is 2.38. The summed E-state index contributed by atoms with van der Waals surface area (Å²) in [5.74, 6) is 0.784. The first-order chi connectivity index (χ1) is 9.67. The van der Waals surface area contributed by atoms with Gasteiger partial charge in [0.15, 0.2) is 0 Å². The van der Waals surface area contributed by atoms with E-state index in [0.717, 1.165) is 28.3 Å². The number of hydrogen-bond acceptors (Lipinski definition) is 3. The summed E-state index contributed by atoms with van der Waals surface area (Å²) in [5, 5.41) is 13.1. The van der Waals surface area contributed by atoms with E-state index in [-0.39, 0.29) is 11.8 Å². The van der Waals surface area contributed by atoms with E-state index in [9.17, 15) is 10.1 Å². The summed E-state index contributed by atoms with van der Waals surface area (Å²) in [6.07, 6.45) is 1.36. The molecule has 0 aromatic heterocycles. The summed E-state index contributed by atoms with van der Waals surface area (Å²) in [7, 11) is 0. The second-order valence-electron chi connectivity index (χ2n) is 4.86. The third-order valence-corrected chi connectivity index (χ3v) is 4.59. The van der Waals surface area contributed by atoms with Gasteiger partial charge in [-0.3, -0.25) is 4.79 Å². The number of hydrogen-bond donors (Lipinski definition) is 1. The number of aryl methyl sites for hydroxylation is 1. The van der Waals surface area contributed by atoms with Crippen LogP contribution in [0.2, 0.25) is 0 Å². The molecule has 0 bridgehead atoms. The van der Waals surface area contributed by atoms with Crippen LogP contribution in [0.25, 0.3) is 0 Å². The first-order valence-corrected chi connectivity index (χ1v) is 7.78. The van der Waals surface area contributed by atoms with Gasteiger partial charge in [0.25, 0.3) is 0 Å². The van der Waals surface area contributed by atoms with Crippen LogP contribution in [0.4, 0.5) is 0 Å². The van der Waals surface area contributed by atoms with Gasteiger partial charge < -0.3 is 5.32 Å². The average molecular weight is 286 g/mol. The standard InChI is InChI=1S/C16H18N2OS/c1-3-8-20-16-14(10-17)13(9-15(19)18-16)12-7-5-4-6-11(12)2/h4-7,13H,3,8-9H2,1-2H3,(H,18,19)/t13-/m1/s1. The zero-order valence-electron chi connectivity index (χ0n) is 11.8. The molecule has 1 aromatic carbocycles. The minimum atomic E-state index is -0.116. The van der Waals surface area contributed by atoms with Crippen molar-refractivity contribution in [2.75, 3.05) is 5.75 Å². The quantitative estimate of drug-likeness (QED) is 0.922. The Morgan fingerprint density at radius 2 is 2.20 bits per heavy atom. The second kappa shape index (κ2) is 6.62. The second-order valence-corrected chi connectivity index (χ2v) is 5.97. The SMILES string of the molecule is CCCSC1=C(C#N)[C@@H](c2ccccc2C)CC(=O)N1. The highest BCUT2D eigenvalue weighted by Crippen LogP contribution is 2.37. The van der Waals surface area contributed by atoms with Crippen LogP contribution in [0, 0.1) is 18.3 Å². The lowest BCUT2D eigenvalue weighted by Crippen LogP contribution is -2.31. The number of rotatable bonds is 4. The van der Waals surface area contributed by atoms with Gasteiger partial charge >= 0.3 is 0 Å². The van der Waals surface area contributed by atoms with Crippen molar-refractivity contribution in [1.82, 2.24) is 5.32 Å². The van der Waals surface area contributed by atoms with Crippen molar-refractivity contribution in [2.45, 2.75) is 32.6 Å². The van der Waals surface area contributed by atoms with E-state index in [1.165, 1.54) is 0 Å². The van der Waals surface area contributed by atoms with Crippen molar-refractivity contribution in [2.24, 2.45) is 0 Å². The van der Waals surface area contributed by atoms with Crippen LogP contribution in [0.3, 0.4) is 0 Å². The third-order valence-electron chi connectivity index (χ3n) is 3.37. The molecule has 4 heteroatoms. The van der Waals surface area contributed by atoms with Crippen molar-refractivity contribution in [3.63, 3.8) is 0 Å². The summed E-state index contributed by atoms with van der Waals surface area (Å²) >= 11 is 1.56. The van der Waals surface area contributed by atoms with Gasteiger partial charge in [0.1, 0.15) is 0 Å². The molecule has 1 atom stereocenters. The van der Waals surface area contributed by atoms with Crippen LogP contribution >= 0.6 is 11.8 Å². The fraction of sp³-hybridized carbons (Fsp3) is 0.375. The Bertz CT molecular complexity index is 586. The number of benzene rings is 1. The normalized spacial score (nSPS) is 18.6. The van der Waals surface area contributed by atoms with Gasteiger partial charge in [-0.15, -0.1) is 11.8 Å². The Labute approximate surface area is 124 Å². The van der Waals surface area contributed by atoms with Gasteiger partial charge in [0.2, 0.25) is 5.91 Å². The molecule has 0 fully saturated rings. The van der Waals surface area contributed by atoms with Crippen LogP contribution < -0.4 is 5.32 Å². The van der Waals surface area contributed by atoms with Gasteiger partial charge in [-0.25, -0.2) is 0 Å². The van der Waals surface area contributed by atoms with Gasteiger partial charge in [-0.1, -0.05) is 31.2 Å². The maximum absolute atomic E-state index is 11.9. The highest BCUT2D eigenvalue weighted by Gasteiger charge is 2.30. The van der Waals surface area contributed by atoms with Crippen molar-refractivity contribution in [3.05, 3.63) is 46.0 Å². The van der Waals surface area contributed by atoms with E-state index in [2.05, 4.69) is 18.3 Å². The molecule has 1 N–H and O–H groups in total. The Kier molecular flexibility index (Phi) is 4.86. The molecule has 1 heterocycles. The number of carbonyl (C=O) groups excluding carboxylic acids is 1. The smallest absolute Gasteiger partial charge is 0.225 e. The number of nitriles is 1. The van der Waals surface area contributed by atoms with Gasteiger partial charge in [0, 0.05) is 12.3 Å². The van der Waals surface area contributed by atoms with Gasteiger partial charge in [-0.2, -0.15) is 5.26 Å². The summed E-state index contributed by atoms with van der Waals surface area (Å²) < 4.78 is 0. The van der Waals surface area contributed by atoms with Crippen molar-refractivity contribution in [1.29, 1.82) is 5.26 Å². The summed E-state index contributed by atoms with van der Waals surface area (Å²) in [6.45, 7) is 4.11. The van der Waals surface area contributed by atoms with Crippen LogP contribution in [0.5, 0.6) is 0 Å². The molecule has 0 saturated carbocycles. The van der Waals surface area contributed by atoms with Crippen molar-refractivity contribution < 1.29 is 4.79 Å². The van der Waals surface area contributed by atoms with E-state index in [1.807, 2.05) is 31.2 Å². The number of nitrogens with one attached hydrogen (secondary N) is 1. The molecule has 1 aliphatic heterocycles. The predicted molar refractivity (Wildman–Crippen MR) is 82.1 cm³/mol.